The molecule has 4 nitrogen and oxygen atoms in total. The highest BCUT2D eigenvalue weighted by Gasteiger charge is 2.47. The predicted octanol–water partition coefficient (Wildman–Crippen LogP) is 2.84. The molecule has 1 fully saturated rings. The van der Waals surface area contributed by atoms with Gasteiger partial charge in [-0.05, 0) is 48.9 Å². The summed E-state index contributed by atoms with van der Waals surface area (Å²) in [5.74, 6) is -0.0354. The summed E-state index contributed by atoms with van der Waals surface area (Å²) in [6.45, 7) is 0. The zero-order chi connectivity index (χ0) is 14.9. The van der Waals surface area contributed by atoms with Crippen LogP contribution in [-0.4, -0.2) is 24.2 Å². The first-order valence-corrected chi connectivity index (χ1v) is 7.84. The maximum absolute atomic E-state index is 12.1. The van der Waals surface area contributed by atoms with Crippen molar-refractivity contribution in [2.24, 2.45) is 0 Å². The Kier molecular flexibility index (Phi) is 3.89. The summed E-state index contributed by atoms with van der Waals surface area (Å²) in [5, 5.41) is 13.4. The number of nitrogens with one attached hydrogen (secondary N) is 1. The van der Waals surface area contributed by atoms with Gasteiger partial charge in [0.15, 0.2) is 0 Å². The maximum Gasteiger partial charge on any atom is 0.328 e. The van der Waals surface area contributed by atoms with Crippen LogP contribution in [0.15, 0.2) is 18.2 Å². The molecule has 0 amide bonds. The first-order valence-electron chi connectivity index (χ1n) is 7.84. The molecule has 0 radical (unpaired) electrons. The molecule has 0 spiro atoms. The lowest BCUT2D eigenvalue weighted by Crippen LogP contribution is -2.52. The Labute approximate surface area is 125 Å². The second-order valence-corrected chi connectivity index (χ2v) is 6.21. The van der Waals surface area contributed by atoms with Crippen LogP contribution in [0.5, 0.6) is 5.75 Å². The second-order valence-electron chi connectivity index (χ2n) is 6.21. The minimum absolute atomic E-state index is 0.312. The number of hydrogen-bond acceptors (Lipinski definition) is 3. The molecule has 1 aromatic rings. The van der Waals surface area contributed by atoms with Gasteiger partial charge in [-0.2, -0.15) is 0 Å². The van der Waals surface area contributed by atoms with E-state index >= 15 is 0 Å². The third kappa shape index (κ3) is 2.53. The smallest absolute Gasteiger partial charge is 0.328 e. The van der Waals surface area contributed by atoms with Crippen molar-refractivity contribution in [1.29, 1.82) is 0 Å². The predicted molar refractivity (Wildman–Crippen MR) is 80.6 cm³/mol. The maximum atomic E-state index is 12.1. The van der Waals surface area contributed by atoms with Gasteiger partial charge in [0.2, 0.25) is 0 Å². The number of aliphatic carboxylic acids is 1. The van der Waals surface area contributed by atoms with Crippen LogP contribution in [0.4, 0.5) is 0 Å². The minimum Gasteiger partial charge on any atom is -0.497 e. The van der Waals surface area contributed by atoms with Crippen molar-refractivity contribution in [2.45, 2.75) is 56.5 Å². The molecule has 1 aromatic carbocycles. The molecular formula is C17H23NO3. The quantitative estimate of drug-likeness (QED) is 0.895. The summed E-state index contributed by atoms with van der Waals surface area (Å²) in [6.07, 6.45) is 7.24. The van der Waals surface area contributed by atoms with Crippen molar-refractivity contribution in [3.8, 4) is 5.75 Å². The summed E-state index contributed by atoms with van der Waals surface area (Å²) in [5.41, 5.74) is 1.08. The number of hydrogen-bond donors (Lipinski definition) is 2. The molecule has 3 rings (SSSR count). The number of carbonyl (C=O) groups is 1. The Morgan fingerprint density at radius 2 is 2.10 bits per heavy atom. The Balaban J connectivity index is 1.94. The van der Waals surface area contributed by atoms with Gasteiger partial charge in [-0.3, -0.25) is 5.32 Å². The molecule has 2 N–H and O–H groups in total. The Morgan fingerprint density at radius 1 is 1.33 bits per heavy atom. The highest BCUT2D eigenvalue weighted by Crippen LogP contribution is 2.40. The average Bonchev–Trinajstić information content (AvgIpc) is 2.87. The van der Waals surface area contributed by atoms with E-state index in [1.165, 1.54) is 19.3 Å². The van der Waals surface area contributed by atoms with E-state index in [2.05, 4.69) is 5.32 Å². The van der Waals surface area contributed by atoms with E-state index in [-0.39, 0.29) is 0 Å². The molecule has 21 heavy (non-hydrogen) atoms. The van der Waals surface area contributed by atoms with Gasteiger partial charge < -0.3 is 9.84 Å². The van der Waals surface area contributed by atoms with E-state index < -0.39 is 11.5 Å². The van der Waals surface area contributed by atoms with Crippen LogP contribution in [0.2, 0.25) is 0 Å². The lowest BCUT2D eigenvalue weighted by atomic mass is 9.87. The van der Waals surface area contributed by atoms with Crippen LogP contribution >= 0.6 is 0 Å². The first kappa shape index (κ1) is 14.4. The molecule has 1 saturated carbocycles. The van der Waals surface area contributed by atoms with Gasteiger partial charge in [-0.15, -0.1) is 0 Å². The lowest BCUT2D eigenvalue weighted by Gasteiger charge is -2.34. The van der Waals surface area contributed by atoms with Gasteiger partial charge in [0.05, 0.1) is 7.11 Å². The van der Waals surface area contributed by atoms with Gasteiger partial charge in [0, 0.05) is 6.04 Å². The second kappa shape index (κ2) is 5.68. The molecule has 0 saturated heterocycles. The van der Waals surface area contributed by atoms with Gasteiger partial charge in [-0.1, -0.05) is 25.3 Å². The van der Waals surface area contributed by atoms with Crippen LogP contribution in [0.3, 0.4) is 0 Å². The Morgan fingerprint density at radius 3 is 2.76 bits per heavy atom. The standard InChI is InChI=1S/C17H23NO3/c1-21-14-8-7-12-9-10-17(16(19)20,15(12)11-14)18-13-5-3-2-4-6-13/h7-8,11,13,18H,2-6,9-10H2,1H3,(H,19,20). The Bertz CT molecular complexity index is 537. The van der Waals surface area contributed by atoms with Crippen LogP contribution < -0.4 is 10.1 Å². The summed E-state index contributed by atoms with van der Waals surface area (Å²) < 4.78 is 5.28. The van der Waals surface area contributed by atoms with E-state index in [0.29, 0.717) is 12.5 Å². The third-order valence-electron chi connectivity index (χ3n) is 4.97. The molecular weight excluding hydrogens is 266 g/mol. The fraction of sp³-hybridized carbons (Fsp3) is 0.588. The fourth-order valence-corrected chi connectivity index (χ4v) is 3.78. The summed E-state index contributed by atoms with van der Waals surface area (Å²) in [4.78, 5) is 12.1. The van der Waals surface area contributed by atoms with Crippen molar-refractivity contribution in [1.82, 2.24) is 5.32 Å². The number of carboxylic acids is 1. The van der Waals surface area contributed by atoms with Gasteiger partial charge in [0.1, 0.15) is 11.3 Å². The van der Waals surface area contributed by atoms with E-state index in [1.807, 2.05) is 18.2 Å². The Hall–Kier alpha value is -1.55. The molecule has 0 aromatic heterocycles. The minimum atomic E-state index is -0.939. The van der Waals surface area contributed by atoms with Crippen LogP contribution in [0, 0.1) is 0 Å². The summed E-state index contributed by atoms with van der Waals surface area (Å²) in [6, 6.07) is 6.12. The normalized spacial score (nSPS) is 25.6. The largest absolute Gasteiger partial charge is 0.497 e. The van der Waals surface area contributed by atoms with Crippen molar-refractivity contribution >= 4 is 5.97 Å². The average molecular weight is 289 g/mol. The first-order chi connectivity index (χ1) is 10.2. The number of ether oxygens (including phenoxy) is 1. The highest BCUT2D eigenvalue weighted by atomic mass is 16.5. The van der Waals surface area contributed by atoms with Gasteiger partial charge in [-0.25, -0.2) is 4.79 Å². The SMILES string of the molecule is COc1ccc2c(c1)C(NC1CCCCC1)(C(=O)O)CC2. The zero-order valence-corrected chi connectivity index (χ0v) is 12.5. The van der Waals surface area contributed by atoms with Gasteiger partial charge in [0.25, 0.3) is 0 Å². The zero-order valence-electron chi connectivity index (χ0n) is 12.5. The lowest BCUT2D eigenvalue weighted by molar-refractivity contribution is -0.146. The monoisotopic (exact) mass is 289 g/mol. The summed E-state index contributed by atoms with van der Waals surface area (Å²) >= 11 is 0. The molecule has 2 aliphatic rings. The molecule has 1 atom stereocenters. The number of carboxylic acid groups (broad SMARTS) is 1. The van der Waals surface area contributed by atoms with E-state index in [9.17, 15) is 9.90 Å². The fourth-order valence-electron chi connectivity index (χ4n) is 3.78. The van der Waals surface area contributed by atoms with Crippen molar-refractivity contribution in [2.75, 3.05) is 7.11 Å². The molecule has 0 heterocycles. The van der Waals surface area contributed by atoms with E-state index in [4.69, 9.17) is 4.74 Å². The van der Waals surface area contributed by atoms with Crippen molar-refractivity contribution in [3.63, 3.8) is 0 Å². The summed E-state index contributed by atoms with van der Waals surface area (Å²) in [7, 11) is 1.62. The molecule has 0 aliphatic heterocycles. The molecule has 0 bridgehead atoms. The molecule has 2 aliphatic carbocycles. The number of rotatable bonds is 4. The third-order valence-corrected chi connectivity index (χ3v) is 4.97. The highest BCUT2D eigenvalue weighted by molar-refractivity contribution is 5.83. The van der Waals surface area contributed by atoms with Crippen molar-refractivity contribution in [3.05, 3.63) is 29.3 Å². The van der Waals surface area contributed by atoms with E-state index in [1.54, 1.807) is 7.11 Å². The van der Waals surface area contributed by atoms with Crippen LogP contribution in [0.1, 0.15) is 49.7 Å². The van der Waals surface area contributed by atoms with Gasteiger partial charge >= 0.3 is 5.97 Å². The van der Waals surface area contributed by atoms with Crippen LogP contribution in [-0.2, 0) is 16.8 Å². The number of benzene rings is 1. The number of fused-ring (bicyclic) bond motifs is 1. The number of aryl methyl sites for hydroxylation is 1. The molecule has 1 unspecified atom stereocenters. The molecule has 114 valence electrons. The topological polar surface area (TPSA) is 58.6 Å². The van der Waals surface area contributed by atoms with E-state index in [0.717, 1.165) is 36.1 Å². The van der Waals surface area contributed by atoms with Crippen molar-refractivity contribution < 1.29 is 14.6 Å². The van der Waals surface area contributed by atoms with Crippen LogP contribution in [0.25, 0.3) is 0 Å². The number of methoxy groups -OCH3 is 1. The molecule has 4 heteroatoms.